The molecule has 0 N–H and O–H groups in total. The van der Waals surface area contributed by atoms with Gasteiger partial charge < -0.3 is 8.92 Å². The summed E-state index contributed by atoms with van der Waals surface area (Å²) >= 11 is 4.07. The van der Waals surface area contributed by atoms with E-state index < -0.39 is 0 Å². The van der Waals surface area contributed by atoms with Gasteiger partial charge in [0.15, 0.2) is 0 Å². The highest BCUT2D eigenvalue weighted by Crippen LogP contribution is 2.55. The summed E-state index contributed by atoms with van der Waals surface area (Å²) in [5.41, 5.74) is 0.0511. The topological polar surface area (TPSA) is 35.5 Å². The van der Waals surface area contributed by atoms with Crippen molar-refractivity contribution in [3.05, 3.63) is 0 Å². The molecule has 4 heteroatoms. The van der Waals surface area contributed by atoms with Crippen molar-refractivity contribution < 1.29 is 13.7 Å². The average Bonchev–Trinajstić information content (AvgIpc) is 2.94. The van der Waals surface area contributed by atoms with Gasteiger partial charge in [-0.05, 0) is 82.5 Å². The van der Waals surface area contributed by atoms with Crippen molar-refractivity contribution in [3.8, 4) is 0 Å². The van der Waals surface area contributed by atoms with Crippen LogP contribution in [0.25, 0.3) is 0 Å². The van der Waals surface area contributed by atoms with Crippen molar-refractivity contribution in [3.63, 3.8) is 0 Å². The number of fused-ring (bicyclic) bond motifs is 1. The number of carbonyl (C=O) groups excluding carboxylic acids is 1. The fourth-order valence-corrected chi connectivity index (χ4v) is 5.65. The van der Waals surface area contributed by atoms with E-state index in [0.29, 0.717) is 11.7 Å². The van der Waals surface area contributed by atoms with Crippen LogP contribution in [0.2, 0.25) is 0 Å². The van der Waals surface area contributed by atoms with Gasteiger partial charge in [-0.15, -0.1) is 0 Å². The quantitative estimate of drug-likeness (QED) is 0.342. The fraction of sp³-hybridized carbons (Fsp3) is 0.950. The van der Waals surface area contributed by atoms with E-state index in [9.17, 15) is 4.79 Å². The second-order valence-corrected chi connectivity index (χ2v) is 8.41. The smallest absolute Gasteiger partial charge is 0.136 e. The van der Waals surface area contributed by atoms with Crippen LogP contribution < -0.4 is 0 Å². The molecule has 4 atom stereocenters. The first-order valence-electron chi connectivity index (χ1n) is 9.89. The summed E-state index contributed by atoms with van der Waals surface area (Å²) in [7, 11) is 0. The van der Waals surface area contributed by atoms with E-state index in [2.05, 4.69) is 40.6 Å². The predicted octanol–water partition coefficient (Wildman–Crippen LogP) is 5.38. The Hall–Kier alpha value is -0.0600. The lowest BCUT2D eigenvalue weighted by Gasteiger charge is -2.42. The van der Waals surface area contributed by atoms with Gasteiger partial charge in [0, 0.05) is 18.9 Å². The maximum atomic E-state index is 12.3. The van der Waals surface area contributed by atoms with E-state index in [1.165, 1.54) is 6.42 Å². The zero-order valence-electron chi connectivity index (χ0n) is 16.0. The van der Waals surface area contributed by atoms with Crippen LogP contribution in [0.3, 0.4) is 0 Å². The number of Topliss-reactive ketones (excluding diaryl/α,β-unsaturated/α-hetero) is 1. The molecule has 0 saturated heterocycles. The average molecular weight is 357 g/mol. The van der Waals surface area contributed by atoms with Crippen LogP contribution in [0.15, 0.2) is 0 Å². The number of hydrogen-bond acceptors (Lipinski definition) is 4. The molecule has 1 unspecified atom stereocenters. The molecule has 0 aromatic heterocycles. The first kappa shape index (κ1) is 20.3. The van der Waals surface area contributed by atoms with Gasteiger partial charge in [0.1, 0.15) is 5.78 Å². The zero-order chi connectivity index (χ0) is 17.8. The monoisotopic (exact) mass is 356 g/mol. The number of ether oxygens (including phenoxy) is 1. The van der Waals surface area contributed by atoms with Crippen LogP contribution in [-0.4, -0.2) is 24.1 Å². The Kier molecular flexibility index (Phi) is 7.21. The Bertz CT molecular complexity index is 413. The predicted molar refractivity (Wildman–Crippen MR) is 101 cm³/mol. The largest absolute Gasteiger partial charge is 0.378 e. The van der Waals surface area contributed by atoms with Crippen molar-refractivity contribution in [2.45, 2.75) is 97.2 Å². The highest BCUT2D eigenvalue weighted by molar-refractivity contribution is 7.75. The lowest BCUT2D eigenvalue weighted by molar-refractivity contribution is -0.131. The third-order valence-electron chi connectivity index (χ3n) is 7.14. The molecule has 2 saturated carbocycles. The molecule has 2 aliphatic carbocycles. The highest BCUT2D eigenvalue weighted by atomic mass is 32.1. The van der Waals surface area contributed by atoms with Crippen LogP contribution >= 0.6 is 12.9 Å². The minimum atomic E-state index is -0.115. The van der Waals surface area contributed by atoms with Gasteiger partial charge in [-0.1, -0.05) is 20.8 Å². The number of carbonyl (C=O) groups is 1. The minimum Gasteiger partial charge on any atom is -0.378 e. The third-order valence-corrected chi connectivity index (χ3v) is 7.53. The normalized spacial score (nSPS) is 32.0. The summed E-state index contributed by atoms with van der Waals surface area (Å²) < 4.78 is 11.7. The molecule has 2 fully saturated rings. The minimum absolute atomic E-state index is 0.115. The SMILES string of the molecule is CCC(CC)(CCCO[C@H](C)C1CC[C@H]2C(=O)CCC[C@]12C)OS. The van der Waals surface area contributed by atoms with E-state index in [-0.39, 0.29) is 23.0 Å². The first-order chi connectivity index (χ1) is 11.4. The van der Waals surface area contributed by atoms with E-state index in [1.54, 1.807) is 0 Å². The second kappa shape index (κ2) is 8.55. The van der Waals surface area contributed by atoms with E-state index in [4.69, 9.17) is 8.92 Å². The summed E-state index contributed by atoms with van der Waals surface area (Å²) in [4.78, 5) is 12.3. The Morgan fingerprint density at radius 3 is 2.67 bits per heavy atom. The summed E-state index contributed by atoms with van der Waals surface area (Å²) in [5.74, 6) is 1.31. The van der Waals surface area contributed by atoms with E-state index >= 15 is 0 Å². The molecule has 140 valence electrons. The molecule has 0 heterocycles. The summed E-state index contributed by atoms with van der Waals surface area (Å²) in [6.45, 7) is 9.62. The maximum absolute atomic E-state index is 12.3. The Labute approximate surface area is 153 Å². The molecule has 2 rings (SSSR count). The molecule has 0 amide bonds. The molecular weight excluding hydrogens is 320 g/mol. The molecule has 2 aliphatic rings. The van der Waals surface area contributed by atoms with E-state index in [0.717, 1.165) is 58.0 Å². The van der Waals surface area contributed by atoms with Crippen molar-refractivity contribution in [1.82, 2.24) is 0 Å². The van der Waals surface area contributed by atoms with Crippen molar-refractivity contribution in [2.75, 3.05) is 6.61 Å². The van der Waals surface area contributed by atoms with Crippen molar-refractivity contribution in [2.24, 2.45) is 17.3 Å². The van der Waals surface area contributed by atoms with Gasteiger partial charge in [-0.2, -0.15) is 0 Å². The van der Waals surface area contributed by atoms with Crippen LogP contribution in [0, 0.1) is 17.3 Å². The van der Waals surface area contributed by atoms with Crippen molar-refractivity contribution in [1.29, 1.82) is 0 Å². The number of thiol groups is 1. The Morgan fingerprint density at radius 2 is 2.04 bits per heavy atom. The molecule has 24 heavy (non-hydrogen) atoms. The van der Waals surface area contributed by atoms with Crippen molar-refractivity contribution >= 4 is 18.7 Å². The zero-order valence-corrected chi connectivity index (χ0v) is 16.9. The fourth-order valence-electron chi connectivity index (χ4n) is 5.30. The number of hydrogen-bond donors (Lipinski definition) is 1. The highest BCUT2D eigenvalue weighted by Gasteiger charge is 2.52. The van der Waals surface area contributed by atoms with E-state index in [1.807, 2.05) is 0 Å². The summed E-state index contributed by atoms with van der Waals surface area (Å²) in [5, 5.41) is 0. The Balaban J connectivity index is 1.83. The maximum Gasteiger partial charge on any atom is 0.136 e. The molecule has 3 nitrogen and oxygen atoms in total. The molecule has 0 aromatic rings. The van der Waals surface area contributed by atoms with Crippen LogP contribution in [0.1, 0.15) is 85.5 Å². The van der Waals surface area contributed by atoms with Gasteiger partial charge in [-0.3, -0.25) is 4.79 Å². The molecule has 0 bridgehead atoms. The lowest BCUT2D eigenvalue weighted by Crippen LogP contribution is -2.41. The van der Waals surface area contributed by atoms with Crippen LogP contribution in [-0.2, 0) is 13.7 Å². The first-order valence-corrected chi connectivity index (χ1v) is 10.3. The molecule has 0 radical (unpaired) electrons. The lowest BCUT2D eigenvalue weighted by atomic mass is 9.64. The number of ketones is 1. The molecular formula is C20H36O3S. The van der Waals surface area contributed by atoms with Gasteiger partial charge in [0.2, 0.25) is 0 Å². The molecule has 0 spiro atoms. The van der Waals surface area contributed by atoms with Gasteiger partial charge in [0.25, 0.3) is 0 Å². The standard InChI is InChI=1S/C20H36O3S/c1-5-20(6-2,23-24)13-8-14-22-15(3)16-10-11-17-18(21)9-7-12-19(16,17)4/h15-17,24H,5-14H2,1-4H3/t15-,16?,17+,19-/m1/s1. The summed E-state index contributed by atoms with van der Waals surface area (Å²) in [6, 6.07) is 0. The molecule has 0 aliphatic heterocycles. The van der Waals surface area contributed by atoms with Gasteiger partial charge in [-0.25, -0.2) is 0 Å². The summed E-state index contributed by atoms with van der Waals surface area (Å²) in [6.07, 6.45) is 9.42. The molecule has 0 aromatic carbocycles. The van der Waals surface area contributed by atoms with Crippen LogP contribution in [0.4, 0.5) is 0 Å². The van der Waals surface area contributed by atoms with Crippen LogP contribution in [0.5, 0.6) is 0 Å². The van der Waals surface area contributed by atoms with Gasteiger partial charge >= 0.3 is 0 Å². The van der Waals surface area contributed by atoms with Gasteiger partial charge in [0.05, 0.1) is 11.7 Å². The third kappa shape index (κ3) is 4.02. The number of rotatable bonds is 9. The Morgan fingerprint density at radius 1 is 1.33 bits per heavy atom. The second-order valence-electron chi connectivity index (χ2n) is 8.22.